The highest BCUT2D eigenvalue weighted by Crippen LogP contribution is 2.30. The molecule has 0 aliphatic carbocycles. The number of rotatable bonds is 5. The van der Waals surface area contributed by atoms with Crippen molar-refractivity contribution in [3.05, 3.63) is 95.5 Å². The summed E-state index contributed by atoms with van der Waals surface area (Å²) in [7, 11) is 0. The van der Waals surface area contributed by atoms with Crippen molar-refractivity contribution in [2.45, 2.75) is 12.5 Å². The van der Waals surface area contributed by atoms with Gasteiger partial charge in [0, 0.05) is 6.20 Å². The number of imide groups is 1. The minimum Gasteiger partial charge on any atom is -0.318 e. The van der Waals surface area contributed by atoms with E-state index in [0.717, 1.165) is 15.6 Å². The summed E-state index contributed by atoms with van der Waals surface area (Å²) in [6.45, 7) is 1.61. The Bertz CT molecular complexity index is 1340. The maximum absolute atomic E-state index is 13.3. The molecule has 4 aromatic rings. The fraction of sp³-hybridized carbons (Fsp3) is 0.0833. The second-order valence-corrected chi connectivity index (χ2v) is 8.60. The maximum Gasteiger partial charge on any atom is 0.344 e. The van der Waals surface area contributed by atoms with Crippen molar-refractivity contribution in [3.63, 3.8) is 0 Å². The summed E-state index contributed by atoms with van der Waals surface area (Å²) in [5.74, 6) is -1.18. The number of nitrogens with zero attached hydrogens (tertiary/aromatic N) is 3. The molecule has 3 heterocycles. The van der Waals surface area contributed by atoms with Crippen molar-refractivity contribution in [1.82, 2.24) is 25.5 Å². The van der Waals surface area contributed by atoms with Crippen LogP contribution in [0.3, 0.4) is 0 Å². The van der Waals surface area contributed by atoms with Gasteiger partial charge in [-0.15, -0.1) is 11.3 Å². The van der Waals surface area contributed by atoms with Crippen molar-refractivity contribution in [2.24, 2.45) is 0 Å². The summed E-state index contributed by atoms with van der Waals surface area (Å²) in [5, 5.41) is 9.90. The molecule has 2 aromatic heterocycles. The van der Waals surface area contributed by atoms with Crippen LogP contribution in [-0.4, -0.2) is 32.6 Å². The van der Waals surface area contributed by atoms with Crippen molar-refractivity contribution in [2.75, 3.05) is 0 Å². The number of carbonyl (C=O) groups is 3. The van der Waals surface area contributed by atoms with Crippen LogP contribution < -0.4 is 10.7 Å². The zero-order valence-corrected chi connectivity index (χ0v) is 18.4. The zero-order chi connectivity index (χ0) is 23.0. The molecule has 8 nitrogen and oxygen atoms in total. The fourth-order valence-electron chi connectivity index (χ4n) is 3.72. The van der Waals surface area contributed by atoms with Crippen LogP contribution in [0.2, 0.25) is 0 Å². The smallest absolute Gasteiger partial charge is 0.318 e. The fourth-order valence-corrected chi connectivity index (χ4v) is 4.44. The van der Waals surface area contributed by atoms with Crippen LogP contribution in [0.25, 0.3) is 16.3 Å². The van der Waals surface area contributed by atoms with Gasteiger partial charge in [-0.05, 0) is 36.1 Å². The van der Waals surface area contributed by atoms with E-state index < -0.39 is 23.4 Å². The number of urea groups is 1. The van der Waals surface area contributed by atoms with E-state index in [-0.39, 0.29) is 5.56 Å². The molecule has 2 N–H and O–H groups in total. The van der Waals surface area contributed by atoms with Crippen molar-refractivity contribution < 1.29 is 14.4 Å². The number of benzene rings is 2. The van der Waals surface area contributed by atoms with E-state index in [1.807, 2.05) is 53.9 Å². The third kappa shape index (κ3) is 3.58. The van der Waals surface area contributed by atoms with Gasteiger partial charge in [0.25, 0.3) is 11.8 Å². The zero-order valence-electron chi connectivity index (χ0n) is 17.6. The number of hydrogen-bond acceptors (Lipinski definition) is 5. The normalized spacial score (nSPS) is 17.8. The molecule has 5 rings (SSSR count). The number of hydrazine groups is 1. The monoisotopic (exact) mass is 457 g/mol. The molecule has 1 saturated heterocycles. The molecule has 9 heteroatoms. The topological polar surface area (TPSA) is 96.3 Å². The molecule has 0 radical (unpaired) electrons. The van der Waals surface area contributed by atoms with E-state index in [9.17, 15) is 14.4 Å². The quantitative estimate of drug-likeness (QED) is 0.447. The summed E-state index contributed by atoms with van der Waals surface area (Å²) in [4.78, 5) is 39.9. The lowest BCUT2D eigenvalue weighted by Gasteiger charge is -2.22. The molecule has 0 saturated carbocycles. The highest BCUT2D eigenvalue weighted by molar-refractivity contribution is 7.13. The molecular weight excluding hydrogens is 438 g/mol. The molecule has 1 unspecified atom stereocenters. The minimum atomic E-state index is -1.28. The molecule has 2 aromatic carbocycles. The number of carbonyl (C=O) groups excluding carboxylic acids is 3. The summed E-state index contributed by atoms with van der Waals surface area (Å²) < 4.78 is 1.60. The number of para-hydroxylation sites is 1. The Morgan fingerprint density at radius 1 is 1.00 bits per heavy atom. The number of amides is 4. The lowest BCUT2D eigenvalue weighted by molar-refractivity contribution is -0.132. The Balaban J connectivity index is 1.47. The first-order valence-electron chi connectivity index (χ1n) is 10.2. The largest absolute Gasteiger partial charge is 0.344 e. The molecular formula is C24H19N5O3S. The minimum absolute atomic E-state index is 0.246. The van der Waals surface area contributed by atoms with Crippen molar-refractivity contribution in [1.29, 1.82) is 0 Å². The first-order chi connectivity index (χ1) is 16.0. The summed E-state index contributed by atoms with van der Waals surface area (Å²) >= 11 is 1.44. The predicted octanol–water partition coefficient (Wildman–Crippen LogP) is 3.71. The van der Waals surface area contributed by atoms with Crippen LogP contribution in [0.4, 0.5) is 4.79 Å². The van der Waals surface area contributed by atoms with Gasteiger partial charge in [0.2, 0.25) is 0 Å². The Kier molecular flexibility index (Phi) is 5.02. The lowest BCUT2D eigenvalue weighted by Crippen LogP contribution is -2.48. The summed E-state index contributed by atoms with van der Waals surface area (Å²) in [6, 6.07) is 21.3. The second-order valence-electron chi connectivity index (χ2n) is 7.65. The standard InChI is InChI=1S/C24H19N5O3S/c1-24(16-9-4-2-5-10-16)22(31)29(23(32)25-24)27-21(30)18-15-28(17-11-6-3-7-12-17)26-20(18)19-13-8-14-33-19/h2-15H,1H3,(H,25,32)(H,27,30). The van der Waals surface area contributed by atoms with Gasteiger partial charge in [-0.25, -0.2) is 9.48 Å². The van der Waals surface area contributed by atoms with Crippen LogP contribution in [0.5, 0.6) is 0 Å². The molecule has 0 bridgehead atoms. The van der Waals surface area contributed by atoms with E-state index in [1.165, 1.54) is 11.3 Å². The lowest BCUT2D eigenvalue weighted by atomic mass is 9.92. The Morgan fingerprint density at radius 3 is 2.36 bits per heavy atom. The molecule has 1 atom stereocenters. The SMILES string of the molecule is CC1(c2ccccc2)NC(=O)N(NC(=O)c2cn(-c3ccccc3)nc2-c2cccs2)C1=O. The van der Waals surface area contributed by atoms with Gasteiger partial charge in [-0.2, -0.15) is 10.1 Å². The Hall–Kier alpha value is -4.24. The van der Waals surface area contributed by atoms with Gasteiger partial charge in [-0.3, -0.25) is 15.0 Å². The predicted molar refractivity (Wildman–Crippen MR) is 124 cm³/mol. The molecule has 0 spiro atoms. The number of hydrogen-bond donors (Lipinski definition) is 2. The summed E-state index contributed by atoms with van der Waals surface area (Å²) in [5.41, 5.74) is 3.30. The van der Waals surface area contributed by atoms with E-state index in [0.29, 0.717) is 11.3 Å². The second kappa shape index (κ2) is 8.03. The highest BCUT2D eigenvalue weighted by atomic mass is 32.1. The van der Waals surface area contributed by atoms with Crippen LogP contribution in [0, 0.1) is 0 Å². The van der Waals surface area contributed by atoms with Crippen LogP contribution in [-0.2, 0) is 10.3 Å². The Labute approximate surface area is 193 Å². The van der Waals surface area contributed by atoms with E-state index in [1.54, 1.807) is 42.1 Å². The number of thiophene rings is 1. The molecule has 1 aliphatic heterocycles. The Morgan fingerprint density at radius 2 is 1.70 bits per heavy atom. The first-order valence-corrected chi connectivity index (χ1v) is 11.1. The van der Waals surface area contributed by atoms with Crippen LogP contribution in [0.1, 0.15) is 22.8 Å². The molecule has 33 heavy (non-hydrogen) atoms. The van der Waals surface area contributed by atoms with Gasteiger partial charge in [0.05, 0.1) is 16.1 Å². The van der Waals surface area contributed by atoms with Crippen molar-refractivity contribution in [3.8, 4) is 16.3 Å². The third-order valence-electron chi connectivity index (χ3n) is 5.49. The molecule has 164 valence electrons. The van der Waals surface area contributed by atoms with Crippen LogP contribution >= 0.6 is 11.3 Å². The molecule has 1 fully saturated rings. The highest BCUT2D eigenvalue weighted by Gasteiger charge is 2.50. The first kappa shape index (κ1) is 20.7. The average molecular weight is 458 g/mol. The molecule has 4 amide bonds. The molecule has 1 aliphatic rings. The van der Waals surface area contributed by atoms with Gasteiger partial charge < -0.3 is 5.32 Å². The number of aromatic nitrogens is 2. The van der Waals surface area contributed by atoms with Crippen molar-refractivity contribution >= 4 is 29.2 Å². The van der Waals surface area contributed by atoms with E-state index in [2.05, 4.69) is 15.8 Å². The maximum atomic E-state index is 13.3. The van der Waals surface area contributed by atoms with Crippen LogP contribution in [0.15, 0.2) is 84.4 Å². The van der Waals surface area contributed by atoms with E-state index >= 15 is 0 Å². The van der Waals surface area contributed by atoms with Gasteiger partial charge >= 0.3 is 6.03 Å². The third-order valence-corrected chi connectivity index (χ3v) is 6.37. The number of nitrogens with one attached hydrogen (secondary N) is 2. The van der Waals surface area contributed by atoms with Gasteiger partial charge in [0.1, 0.15) is 11.2 Å². The average Bonchev–Trinajstić information content (AvgIpc) is 3.56. The van der Waals surface area contributed by atoms with E-state index in [4.69, 9.17) is 0 Å². The summed E-state index contributed by atoms with van der Waals surface area (Å²) in [6.07, 6.45) is 1.59. The van der Waals surface area contributed by atoms with Gasteiger partial charge in [-0.1, -0.05) is 54.6 Å². The van der Waals surface area contributed by atoms with Gasteiger partial charge in [0.15, 0.2) is 0 Å².